The molecule has 0 aliphatic carbocycles. The van der Waals surface area contributed by atoms with E-state index in [9.17, 15) is 9.90 Å². The first-order valence-electron chi connectivity index (χ1n) is 6.66. The van der Waals surface area contributed by atoms with E-state index in [-0.39, 0.29) is 12.5 Å². The van der Waals surface area contributed by atoms with Gasteiger partial charge in [-0.3, -0.25) is 4.79 Å². The molecular formula is C17H15NO3. The van der Waals surface area contributed by atoms with Gasteiger partial charge in [0.25, 0.3) is 5.91 Å². The van der Waals surface area contributed by atoms with E-state index in [4.69, 9.17) is 4.74 Å². The Hall–Kier alpha value is -2.75. The van der Waals surface area contributed by atoms with Gasteiger partial charge in [-0.25, -0.2) is 0 Å². The fraction of sp³-hybridized carbons (Fsp3) is 0.118. The molecule has 1 aliphatic rings. The highest BCUT2D eigenvalue weighted by Gasteiger charge is 2.15. The van der Waals surface area contributed by atoms with Crippen LogP contribution in [0.15, 0.2) is 36.4 Å². The highest BCUT2D eigenvalue weighted by Crippen LogP contribution is 2.29. The highest BCUT2D eigenvalue weighted by molar-refractivity contribution is 5.95. The predicted octanol–water partition coefficient (Wildman–Crippen LogP) is 3.20. The zero-order valence-electron chi connectivity index (χ0n) is 11.6. The van der Waals surface area contributed by atoms with Gasteiger partial charge in [0.2, 0.25) is 0 Å². The number of anilines is 1. The van der Waals surface area contributed by atoms with Crippen molar-refractivity contribution in [2.75, 3.05) is 11.9 Å². The third kappa shape index (κ3) is 2.89. The summed E-state index contributed by atoms with van der Waals surface area (Å²) in [5.41, 5.74) is 3.49. The van der Waals surface area contributed by atoms with Gasteiger partial charge in [0, 0.05) is 0 Å². The number of hydrogen-bond donors (Lipinski definition) is 2. The van der Waals surface area contributed by atoms with Crippen molar-refractivity contribution in [1.82, 2.24) is 0 Å². The fourth-order valence-electron chi connectivity index (χ4n) is 2.18. The number of phenolic OH excluding ortho intramolecular Hbond substituents is 1. The van der Waals surface area contributed by atoms with Crippen molar-refractivity contribution in [3.63, 3.8) is 0 Å². The van der Waals surface area contributed by atoms with E-state index in [1.807, 2.05) is 49.4 Å². The van der Waals surface area contributed by atoms with Gasteiger partial charge >= 0.3 is 0 Å². The number of ether oxygens (including phenoxy) is 1. The molecule has 2 aromatic carbocycles. The van der Waals surface area contributed by atoms with Crippen LogP contribution in [0.4, 0.5) is 5.69 Å². The van der Waals surface area contributed by atoms with Crippen LogP contribution in [0.5, 0.6) is 11.5 Å². The van der Waals surface area contributed by atoms with Gasteiger partial charge in [0.1, 0.15) is 11.5 Å². The summed E-state index contributed by atoms with van der Waals surface area (Å²) in [4.78, 5) is 11.3. The third-order valence-corrected chi connectivity index (χ3v) is 3.33. The van der Waals surface area contributed by atoms with Crippen LogP contribution in [0.25, 0.3) is 12.2 Å². The zero-order chi connectivity index (χ0) is 14.8. The average molecular weight is 281 g/mol. The van der Waals surface area contributed by atoms with Crippen molar-refractivity contribution in [2.24, 2.45) is 0 Å². The maximum absolute atomic E-state index is 11.3. The highest BCUT2D eigenvalue weighted by atomic mass is 16.5. The summed E-state index contributed by atoms with van der Waals surface area (Å²) in [6.07, 6.45) is 3.91. The number of hydrogen-bond acceptors (Lipinski definition) is 3. The minimum Gasteiger partial charge on any atom is -0.508 e. The second kappa shape index (κ2) is 5.32. The Morgan fingerprint density at radius 3 is 2.62 bits per heavy atom. The number of fused-ring (bicyclic) bond motifs is 1. The van der Waals surface area contributed by atoms with Crippen LogP contribution in [0, 0.1) is 6.92 Å². The molecule has 4 heteroatoms. The minimum absolute atomic E-state index is 0.0645. The van der Waals surface area contributed by atoms with Crippen molar-refractivity contribution in [1.29, 1.82) is 0 Å². The van der Waals surface area contributed by atoms with Crippen LogP contribution in [0.3, 0.4) is 0 Å². The first-order valence-corrected chi connectivity index (χ1v) is 6.66. The van der Waals surface area contributed by atoms with Crippen LogP contribution >= 0.6 is 0 Å². The molecule has 106 valence electrons. The zero-order valence-corrected chi connectivity index (χ0v) is 11.6. The first kappa shape index (κ1) is 13.2. The van der Waals surface area contributed by atoms with E-state index in [2.05, 4.69) is 5.32 Å². The lowest BCUT2D eigenvalue weighted by molar-refractivity contribution is -0.118. The molecule has 0 radical (unpaired) electrons. The minimum atomic E-state index is -0.141. The number of amides is 1. The third-order valence-electron chi connectivity index (χ3n) is 3.33. The number of aryl methyl sites for hydroxylation is 1. The molecule has 0 atom stereocenters. The van der Waals surface area contributed by atoms with E-state index in [0.29, 0.717) is 17.2 Å². The summed E-state index contributed by atoms with van der Waals surface area (Å²) in [5, 5.41) is 12.3. The van der Waals surface area contributed by atoms with Crippen LogP contribution in [0.1, 0.15) is 16.7 Å². The second-order valence-corrected chi connectivity index (χ2v) is 4.97. The lowest BCUT2D eigenvalue weighted by Gasteiger charge is -2.17. The first-order chi connectivity index (χ1) is 10.1. The summed E-state index contributed by atoms with van der Waals surface area (Å²) < 4.78 is 5.32. The lowest BCUT2D eigenvalue weighted by Crippen LogP contribution is -2.25. The number of rotatable bonds is 2. The Balaban J connectivity index is 1.84. The lowest BCUT2D eigenvalue weighted by atomic mass is 10.1. The summed E-state index contributed by atoms with van der Waals surface area (Å²) in [6, 6.07) is 11.1. The van der Waals surface area contributed by atoms with Gasteiger partial charge in [0.15, 0.2) is 6.61 Å². The molecule has 0 saturated heterocycles. The van der Waals surface area contributed by atoms with Gasteiger partial charge in [-0.15, -0.1) is 0 Å². The molecule has 4 nitrogen and oxygen atoms in total. The molecule has 0 saturated carbocycles. The summed E-state index contributed by atoms with van der Waals surface area (Å²) in [6.45, 7) is 1.92. The van der Waals surface area contributed by atoms with Crippen LogP contribution < -0.4 is 10.1 Å². The van der Waals surface area contributed by atoms with Gasteiger partial charge in [-0.2, -0.15) is 0 Å². The molecule has 3 rings (SSSR count). The number of phenols is 1. The van der Waals surface area contributed by atoms with E-state index in [0.717, 1.165) is 16.7 Å². The Kier molecular flexibility index (Phi) is 3.36. The Labute approximate surface area is 122 Å². The second-order valence-electron chi connectivity index (χ2n) is 4.97. The summed E-state index contributed by atoms with van der Waals surface area (Å²) in [7, 11) is 0. The molecule has 0 fully saturated rings. The SMILES string of the molecule is Cc1cc(/C=C/c2ccc3c(c2)NC(=O)CO3)ccc1O. The molecule has 0 aromatic heterocycles. The van der Waals surface area contributed by atoms with Crippen molar-refractivity contribution in [3.05, 3.63) is 53.1 Å². The molecule has 1 heterocycles. The number of benzene rings is 2. The van der Waals surface area contributed by atoms with E-state index in [1.54, 1.807) is 6.07 Å². The van der Waals surface area contributed by atoms with Crippen LogP contribution in [-0.4, -0.2) is 17.6 Å². The van der Waals surface area contributed by atoms with Gasteiger partial charge in [-0.1, -0.05) is 24.3 Å². The summed E-state index contributed by atoms with van der Waals surface area (Å²) >= 11 is 0. The standard InChI is InChI=1S/C17H15NO3/c1-11-8-12(4-6-15(11)19)2-3-13-5-7-16-14(9-13)18-17(20)10-21-16/h2-9,19H,10H2,1H3,(H,18,20)/b3-2+. The maximum atomic E-state index is 11.3. The smallest absolute Gasteiger partial charge is 0.262 e. The van der Waals surface area contributed by atoms with E-state index >= 15 is 0 Å². The fourth-order valence-corrected chi connectivity index (χ4v) is 2.18. The Morgan fingerprint density at radius 1 is 1.14 bits per heavy atom. The van der Waals surface area contributed by atoms with Crippen molar-refractivity contribution in [2.45, 2.75) is 6.92 Å². The van der Waals surface area contributed by atoms with Crippen molar-refractivity contribution in [3.8, 4) is 11.5 Å². The van der Waals surface area contributed by atoms with Gasteiger partial charge < -0.3 is 15.2 Å². The number of aromatic hydroxyl groups is 1. The Morgan fingerprint density at radius 2 is 1.86 bits per heavy atom. The number of carbonyl (C=O) groups excluding carboxylic acids is 1. The van der Waals surface area contributed by atoms with Gasteiger partial charge in [0.05, 0.1) is 5.69 Å². The number of carbonyl (C=O) groups is 1. The normalized spacial score (nSPS) is 13.7. The van der Waals surface area contributed by atoms with E-state index < -0.39 is 0 Å². The Bertz CT molecular complexity index is 735. The molecule has 1 aliphatic heterocycles. The van der Waals surface area contributed by atoms with Crippen molar-refractivity contribution >= 4 is 23.7 Å². The summed E-state index contributed by atoms with van der Waals surface area (Å²) in [5.74, 6) is 0.839. The molecule has 0 unspecified atom stereocenters. The molecular weight excluding hydrogens is 266 g/mol. The molecule has 2 aromatic rings. The molecule has 2 N–H and O–H groups in total. The van der Waals surface area contributed by atoms with Crippen LogP contribution in [0.2, 0.25) is 0 Å². The molecule has 1 amide bonds. The number of nitrogens with one attached hydrogen (secondary N) is 1. The average Bonchev–Trinajstić information content (AvgIpc) is 2.48. The van der Waals surface area contributed by atoms with Crippen LogP contribution in [-0.2, 0) is 4.79 Å². The molecule has 0 bridgehead atoms. The predicted molar refractivity (Wildman–Crippen MR) is 82.3 cm³/mol. The molecule has 21 heavy (non-hydrogen) atoms. The maximum Gasteiger partial charge on any atom is 0.262 e. The monoisotopic (exact) mass is 281 g/mol. The largest absolute Gasteiger partial charge is 0.508 e. The quantitative estimate of drug-likeness (QED) is 0.831. The van der Waals surface area contributed by atoms with Gasteiger partial charge in [-0.05, 0) is 47.9 Å². The van der Waals surface area contributed by atoms with E-state index in [1.165, 1.54) is 0 Å². The molecule has 0 spiro atoms. The van der Waals surface area contributed by atoms with Crippen molar-refractivity contribution < 1.29 is 14.6 Å². The topological polar surface area (TPSA) is 58.6 Å².